The molecule has 0 saturated carbocycles. The highest BCUT2D eigenvalue weighted by atomic mass is 19.4. The molecule has 1 aromatic heterocycles. The van der Waals surface area contributed by atoms with Gasteiger partial charge in [-0.3, -0.25) is 4.79 Å². The number of hydrogen-bond donors (Lipinski definition) is 1. The molecule has 3 aromatic rings. The van der Waals surface area contributed by atoms with E-state index in [1.165, 1.54) is 13.2 Å². The van der Waals surface area contributed by atoms with Gasteiger partial charge in [0.2, 0.25) is 5.91 Å². The van der Waals surface area contributed by atoms with Crippen LogP contribution in [0.2, 0.25) is 0 Å². The molecule has 0 unspecified atom stereocenters. The topological polar surface area (TPSA) is 65.4 Å². The molecule has 0 aliphatic rings. The first-order chi connectivity index (χ1) is 15.2. The fourth-order valence-corrected chi connectivity index (χ4v) is 3.13. The molecular formula is C23H24F3N3O3. The number of carbonyl (C=O) groups excluding carboxylic acids is 1. The maximum Gasteiger partial charge on any atom is 0.422 e. The first kappa shape index (κ1) is 23.2. The second-order valence-corrected chi connectivity index (χ2v) is 7.25. The van der Waals surface area contributed by atoms with Crippen LogP contribution in [0, 0.1) is 6.92 Å². The Kier molecular flexibility index (Phi) is 7.40. The molecule has 1 amide bonds. The number of hydrogen-bond acceptors (Lipinski definition) is 4. The minimum Gasteiger partial charge on any atom is -0.493 e. The normalized spacial score (nSPS) is 11.3. The Morgan fingerprint density at radius 3 is 2.50 bits per heavy atom. The van der Waals surface area contributed by atoms with Gasteiger partial charge in [0.1, 0.15) is 5.82 Å². The summed E-state index contributed by atoms with van der Waals surface area (Å²) in [5.41, 5.74) is 2.59. The Morgan fingerprint density at radius 1 is 1.06 bits per heavy atom. The van der Waals surface area contributed by atoms with Gasteiger partial charge in [-0.1, -0.05) is 36.4 Å². The van der Waals surface area contributed by atoms with Crippen LogP contribution in [0.5, 0.6) is 11.5 Å². The molecule has 0 bridgehead atoms. The van der Waals surface area contributed by atoms with E-state index in [9.17, 15) is 18.0 Å². The van der Waals surface area contributed by atoms with Gasteiger partial charge < -0.3 is 14.8 Å². The highest BCUT2D eigenvalue weighted by molar-refractivity contribution is 5.90. The smallest absolute Gasteiger partial charge is 0.422 e. The molecule has 0 saturated heterocycles. The standard InChI is InChI=1S/C23H24F3N3O3/c1-16-12-21(29(28-16)14-18-6-4-3-5-7-18)27-22(30)11-9-17-8-10-19(20(13-17)31-2)32-15-23(24,25)26/h3-8,10,12-13H,9,11,14-15H2,1-2H3,(H,27,30). The van der Waals surface area contributed by atoms with E-state index < -0.39 is 12.8 Å². The van der Waals surface area contributed by atoms with Crippen LogP contribution < -0.4 is 14.8 Å². The fourth-order valence-electron chi connectivity index (χ4n) is 3.13. The number of alkyl halides is 3. The van der Waals surface area contributed by atoms with E-state index in [0.717, 1.165) is 16.8 Å². The van der Waals surface area contributed by atoms with Crippen LogP contribution in [-0.2, 0) is 17.8 Å². The summed E-state index contributed by atoms with van der Waals surface area (Å²) in [5.74, 6) is 0.586. The van der Waals surface area contributed by atoms with Gasteiger partial charge >= 0.3 is 6.18 Å². The lowest BCUT2D eigenvalue weighted by Gasteiger charge is -2.13. The molecule has 9 heteroatoms. The van der Waals surface area contributed by atoms with E-state index in [4.69, 9.17) is 9.47 Å². The van der Waals surface area contributed by atoms with Crippen molar-refractivity contribution in [1.82, 2.24) is 9.78 Å². The van der Waals surface area contributed by atoms with Crippen molar-refractivity contribution < 1.29 is 27.4 Å². The molecule has 0 atom stereocenters. The number of halogens is 3. The quantitative estimate of drug-likeness (QED) is 0.514. The zero-order valence-corrected chi connectivity index (χ0v) is 17.8. The molecule has 0 aliphatic heterocycles. The minimum atomic E-state index is -4.44. The predicted molar refractivity (Wildman–Crippen MR) is 114 cm³/mol. The lowest BCUT2D eigenvalue weighted by molar-refractivity contribution is -0.153. The first-order valence-corrected chi connectivity index (χ1v) is 9.98. The summed E-state index contributed by atoms with van der Waals surface area (Å²) >= 11 is 0. The third kappa shape index (κ3) is 6.76. The minimum absolute atomic E-state index is 0.00156. The number of nitrogens with one attached hydrogen (secondary N) is 1. The number of anilines is 1. The van der Waals surface area contributed by atoms with Gasteiger partial charge in [-0.25, -0.2) is 4.68 Å². The van der Waals surface area contributed by atoms with Crippen LogP contribution in [-0.4, -0.2) is 35.6 Å². The van der Waals surface area contributed by atoms with Crippen molar-refractivity contribution >= 4 is 11.7 Å². The van der Waals surface area contributed by atoms with Crippen molar-refractivity contribution in [3.8, 4) is 11.5 Å². The maximum atomic E-state index is 12.5. The monoisotopic (exact) mass is 447 g/mol. The number of aromatic nitrogens is 2. The average molecular weight is 447 g/mol. The van der Waals surface area contributed by atoms with Crippen molar-refractivity contribution in [2.75, 3.05) is 19.0 Å². The number of aryl methyl sites for hydroxylation is 2. The van der Waals surface area contributed by atoms with Crippen LogP contribution in [0.1, 0.15) is 23.2 Å². The number of ether oxygens (including phenoxy) is 2. The van der Waals surface area contributed by atoms with Gasteiger partial charge in [-0.15, -0.1) is 0 Å². The Balaban J connectivity index is 1.59. The van der Waals surface area contributed by atoms with E-state index >= 15 is 0 Å². The summed E-state index contributed by atoms with van der Waals surface area (Å²) in [6.07, 6.45) is -3.87. The molecule has 0 fully saturated rings. The molecule has 170 valence electrons. The summed E-state index contributed by atoms with van der Waals surface area (Å²) in [7, 11) is 1.35. The third-order valence-corrected chi connectivity index (χ3v) is 4.60. The third-order valence-electron chi connectivity index (χ3n) is 4.60. The van der Waals surface area contributed by atoms with E-state index in [-0.39, 0.29) is 23.8 Å². The zero-order valence-electron chi connectivity index (χ0n) is 17.8. The Bertz CT molecular complexity index is 1050. The lowest BCUT2D eigenvalue weighted by atomic mass is 10.1. The molecule has 32 heavy (non-hydrogen) atoms. The van der Waals surface area contributed by atoms with Crippen molar-refractivity contribution in [1.29, 1.82) is 0 Å². The molecule has 2 aromatic carbocycles. The van der Waals surface area contributed by atoms with Crippen molar-refractivity contribution in [2.45, 2.75) is 32.5 Å². The van der Waals surface area contributed by atoms with Crippen LogP contribution in [0.4, 0.5) is 19.0 Å². The fraction of sp³-hybridized carbons (Fsp3) is 0.304. The number of rotatable bonds is 9. The zero-order chi connectivity index (χ0) is 23.1. The molecule has 1 heterocycles. The highest BCUT2D eigenvalue weighted by Crippen LogP contribution is 2.30. The second kappa shape index (κ2) is 10.2. The van der Waals surface area contributed by atoms with Gasteiger partial charge in [0.25, 0.3) is 0 Å². The molecule has 0 spiro atoms. The summed E-state index contributed by atoms with van der Waals surface area (Å²) in [6.45, 7) is 0.980. The lowest BCUT2D eigenvalue weighted by Crippen LogP contribution is -2.19. The van der Waals surface area contributed by atoms with Gasteiger partial charge in [0.05, 0.1) is 19.3 Å². The van der Waals surface area contributed by atoms with E-state index in [1.807, 2.05) is 37.3 Å². The Hall–Kier alpha value is -3.49. The number of nitrogens with zero attached hydrogens (tertiary/aromatic N) is 2. The summed E-state index contributed by atoms with van der Waals surface area (Å²) in [6, 6.07) is 16.2. The maximum absolute atomic E-state index is 12.5. The van der Waals surface area contributed by atoms with Crippen LogP contribution in [0.15, 0.2) is 54.6 Å². The van der Waals surface area contributed by atoms with Gasteiger partial charge in [0.15, 0.2) is 18.1 Å². The van der Waals surface area contributed by atoms with Gasteiger partial charge in [-0.05, 0) is 36.6 Å². The SMILES string of the molecule is COc1cc(CCC(=O)Nc2cc(C)nn2Cc2ccccc2)ccc1OCC(F)(F)F. The second-order valence-electron chi connectivity index (χ2n) is 7.25. The summed E-state index contributed by atoms with van der Waals surface area (Å²) in [5, 5.41) is 7.32. The number of amides is 1. The molecule has 1 N–H and O–H groups in total. The summed E-state index contributed by atoms with van der Waals surface area (Å²) < 4.78 is 48.8. The van der Waals surface area contributed by atoms with E-state index in [0.29, 0.717) is 18.8 Å². The molecule has 0 radical (unpaired) electrons. The molecule has 6 nitrogen and oxygen atoms in total. The largest absolute Gasteiger partial charge is 0.493 e. The number of methoxy groups -OCH3 is 1. The summed E-state index contributed by atoms with van der Waals surface area (Å²) in [4.78, 5) is 12.5. The molecule has 3 rings (SSSR count). The Morgan fingerprint density at radius 2 is 1.81 bits per heavy atom. The number of carbonyl (C=O) groups is 1. The van der Waals surface area contributed by atoms with Crippen molar-refractivity contribution in [3.05, 3.63) is 71.4 Å². The Labute approximate surface area is 184 Å². The van der Waals surface area contributed by atoms with Gasteiger partial charge in [0, 0.05) is 12.5 Å². The van der Waals surface area contributed by atoms with Crippen LogP contribution in [0.25, 0.3) is 0 Å². The molecular weight excluding hydrogens is 423 g/mol. The van der Waals surface area contributed by atoms with Gasteiger partial charge in [-0.2, -0.15) is 18.3 Å². The van der Waals surface area contributed by atoms with Crippen molar-refractivity contribution in [2.24, 2.45) is 0 Å². The van der Waals surface area contributed by atoms with E-state index in [2.05, 4.69) is 10.4 Å². The van der Waals surface area contributed by atoms with Crippen LogP contribution in [0.3, 0.4) is 0 Å². The average Bonchev–Trinajstić information content (AvgIpc) is 3.09. The van der Waals surface area contributed by atoms with Crippen LogP contribution >= 0.6 is 0 Å². The first-order valence-electron chi connectivity index (χ1n) is 9.98. The van der Waals surface area contributed by atoms with E-state index in [1.54, 1.807) is 22.9 Å². The molecule has 0 aliphatic carbocycles. The number of benzene rings is 2. The van der Waals surface area contributed by atoms with Crippen molar-refractivity contribution in [3.63, 3.8) is 0 Å². The predicted octanol–water partition coefficient (Wildman–Crippen LogP) is 4.76. The highest BCUT2D eigenvalue weighted by Gasteiger charge is 2.29.